The molecule has 0 fully saturated rings. The average Bonchev–Trinajstić information content (AvgIpc) is 2.97. The van der Waals surface area contributed by atoms with E-state index < -0.39 is 0 Å². The quantitative estimate of drug-likeness (QED) is 0.392. The fourth-order valence-electron chi connectivity index (χ4n) is 2.38. The number of rotatable bonds is 3. The van der Waals surface area contributed by atoms with Gasteiger partial charge in [-0.1, -0.05) is 23.9 Å². The number of para-hydroxylation sites is 1. The van der Waals surface area contributed by atoms with E-state index >= 15 is 0 Å². The topological polar surface area (TPSA) is 68.9 Å². The Morgan fingerprint density at radius 3 is 2.78 bits per heavy atom. The average molecular weight is 339 g/mol. The highest BCUT2D eigenvalue weighted by atomic mass is 32.2. The maximum atomic E-state index is 11.2. The van der Waals surface area contributed by atoms with Crippen molar-refractivity contribution in [2.24, 2.45) is 0 Å². The highest BCUT2D eigenvalue weighted by Gasteiger charge is 2.16. The van der Waals surface area contributed by atoms with Gasteiger partial charge in [-0.25, -0.2) is 4.98 Å². The third-order valence-corrected chi connectivity index (χ3v) is 5.60. The molecule has 0 spiro atoms. The smallest absolute Gasteiger partial charge is 0.264 e. The van der Waals surface area contributed by atoms with E-state index in [1.165, 1.54) is 24.0 Å². The van der Waals surface area contributed by atoms with Crippen LogP contribution in [0.3, 0.4) is 0 Å². The number of thiazole rings is 1. The summed E-state index contributed by atoms with van der Waals surface area (Å²) in [6.07, 6.45) is 3.18. The molecule has 2 aromatic carbocycles. The predicted octanol–water partition coefficient (Wildman–Crippen LogP) is 4.90. The molecule has 0 aliphatic rings. The molecule has 0 amide bonds. The number of nitro benzene ring substituents is 1. The highest BCUT2D eigenvalue weighted by molar-refractivity contribution is 8.01. The van der Waals surface area contributed by atoms with E-state index in [4.69, 9.17) is 0 Å². The summed E-state index contributed by atoms with van der Waals surface area (Å²) in [6.45, 7) is 0. The Balaban J connectivity index is 1.83. The lowest BCUT2D eigenvalue weighted by Gasteiger charge is -2.04. The summed E-state index contributed by atoms with van der Waals surface area (Å²) in [6, 6.07) is 13.1. The zero-order chi connectivity index (χ0) is 15.8. The summed E-state index contributed by atoms with van der Waals surface area (Å²) in [5.41, 5.74) is 1.04. The predicted molar refractivity (Wildman–Crippen MR) is 92.1 cm³/mol. The minimum Gasteiger partial charge on any atom is -0.264 e. The van der Waals surface area contributed by atoms with Crippen LogP contribution in [0, 0.1) is 10.1 Å². The lowest BCUT2D eigenvalue weighted by Crippen LogP contribution is -1.91. The molecule has 112 valence electrons. The van der Waals surface area contributed by atoms with Gasteiger partial charge in [0.05, 0.1) is 20.5 Å². The van der Waals surface area contributed by atoms with Gasteiger partial charge in [0, 0.05) is 28.7 Å². The molecule has 0 unspecified atom stereocenters. The van der Waals surface area contributed by atoms with E-state index in [9.17, 15) is 10.1 Å². The number of nitrogens with zero attached hydrogens (tertiary/aromatic N) is 3. The van der Waals surface area contributed by atoms with E-state index in [1.807, 2.05) is 24.3 Å². The van der Waals surface area contributed by atoms with Crippen LogP contribution < -0.4 is 0 Å². The third kappa shape index (κ3) is 2.54. The molecule has 23 heavy (non-hydrogen) atoms. The third-order valence-electron chi connectivity index (χ3n) is 3.42. The van der Waals surface area contributed by atoms with Gasteiger partial charge in [0.1, 0.15) is 0 Å². The summed E-state index contributed by atoms with van der Waals surface area (Å²) in [5, 5.41) is 12.5. The van der Waals surface area contributed by atoms with E-state index in [0.717, 1.165) is 24.8 Å². The molecule has 0 atom stereocenters. The van der Waals surface area contributed by atoms with Crippen LogP contribution >= 0.6 is 23.1 Å². The number of non-ortho nitro benzene ring substituents is 1. The van der Waals surface area contributed by atoms with Gasteiger partial charge in [-0.15, -0.1) is 11.3 Å². The van der Waals surface area contributed by atoms with Gasteiger partial charge in [-0.05, 0) is 24.3 Å². The van der Waals surface area contributed by atoms with E-state index in [0.29, 0.717) is 5.39 Å². The van der Waals surface area contributed by atoms with Crippen molar-refractivity contribution in [2.75, 3.05) is 0 Å². The van der Waals surface area contributed by atoms with Gasteiger partial charge in [0.2, 0.25) is 0 Å². The molecule has 0 saturated carbocycles. The second-order valence-electron chi connectivity index (χ2n) is 4.81. The van der Waals surface area contributed by atoms with Crippen LogP contribution in [0.2, 0.25) is 0 Å². The molecule has 0 aliphatic heterocycles. The van der Waals surface area contributed by atoms with Gasteiger partial charge in [0.15, 0.2) is 4.34 Å². The molecule has 4 rings (SSSR count). The van der Waals surface area contributed by atoms with Crippen molar-refractivity contribution < 1.29 is 4.92 Å². The fraction of sp³-hybridized carbons (Fsp3) is 0. The van der Waals surface area contributed by atoms with Crippen LogP contribution in [0.25, 0.3) is 21.0 Å². The summed E-state index contributed by atoms with van der Waals surface area (Å²) in [4.78, 5) is 20.3. The zero-order valence-corrected chi connectivity index (χ0v) is 13.3. The van der Waals surface area contributed by atoms with Gasteiger partial charge >= 0.3 is 0 Å². The van der Waals surface area contributed by atoms with Gasteiger partial charge in [-0.2, -0.15) is 0 Å². The van der Waals surface area contributed by atoms with Crippen molar-refractivity contribution in [1.82, 2.24) is 9.97 Å². The molecule has 5 nitrogen and oxygen atoms in total. The van der Waals surface area contributed by atoms with Crippen LogP contribution in [0.5, 0.6) is 0 Å². The lowest BCUT2D eigenvalue weighted by molar-refractivity contribution is -0.383. The SMILES string of the molecule is O=[N+]([O-])c1ccc(Sc2nc3ccccc3s2)c2ccncc12. The molecule has 2 aromatic heterocycles. The molecular formula is C16H9N3O2S2. The summed E-state index contributed by atoms with van der Waals surface area (Å²) in [5.74, 6) is 0. The summed E-state index contributed by atoms with van der Waals surface area (Å²) >= 11 is 3.13. The lowest BCUT2D eigenvalue weighted by atomic mass is 10.1. The van der Waals surface area contributed by atoms with Crippen LogP contribution in [-0.2, 0) is 0 Å². The Morgan fingerprint density at radius 1 is 1.09 bits per heavy atom. The number of benzene rings is 2. The number of nitro groups is 1. The molecule has 4 aromatic rings. The highest BCUT2D eigenvalue weighted by Crippen LogP contribution is 2.39. The Kier molecular flexibility index (Phi) is 3.44. The number of hydrogen-bond donors (Lipinski definition) is 0. The maximum Gasteiger partial charge on any atom is 0.278 e. The van der Waals surface area contributed by atoms with Crippen molar-refractivity contribution in [3.63, 3.8) is 0 Å². The molecule has 0 saturated heterocycles. The van der Waals surface area contributed by atoms with Crippen molar-refractivity contribution in [3.05, 3.63) is 65.0 Å². The monoisotopic (exact) mass is 339 g/mol. The molecule has 7 heteroatoms. The molecule has 0 aliphatic carbocycles. The summed E-state index contributed by atoms with van der Waals surface area (Å²) < 4.78 is 2.04. The summed E-state index contributed by atoms with van der Waals surface area (Å²) in [7, 11) is 0. The Labute approximate surface area is 139 Å². The van der Waals surface area contributed by atoms with Crippen molar-refractivity contribution in [1.29, 1.82) is 0 Å². The zero-order valence-electron chi connectivity index (χ0n) is 11.7. The second kappa shape index (κ2) is 5.60. The van der Waals surface area contributed by atoms with Crippen molar-refractivity contribution in [2.45, 2.75) is 9.24 Å². The number of hydrogen-bond acceptors (Lipinski definition) is 6. The first-order chi connectivity index (χ1) is 11.2. The number of fused-ring (bicyclic) bond motifs is 2. The van der Waals surface area contributed by atoms with Crippen LogP contribution in [0.1, 0.15) is 0 Å². The van der Waals surface area contributed by atoms with Gasteiger partial charge in [0.25, 0.3) is 5.69 Å². The van der Waals surface area contributed by atoms with Crippen LogP contribution in [0.15, 0.2) is 64.1 Å². The van der Waals surface area contributed by atoms with Crippen molar-refractivity contribution >= 4 is 49.8 Å². The first-order valence-electron chi connectivity index (χ1n) is 6.77. The fourth-order valence-corrected chi connectivity index (χ4v) is 4.54. The first kappa shape index (κ1) is 14.1. The van der Waals surface area contributed by atoms with E-state index in [2.05, 4.69) is 9.97 Å². The number of aromatic nitrogens is 2. The van der Waals surface area contributed by atoms with E-state index in [-0.39, 0.29) is 10.6 Å². The van der Waals surface area contributed by atoms with E-state index in [1.54, 1.807) is 29.7 Å². The standard InChI is InChI=1S/C16H9N3O2S2/c20-19(21)13-5-6-14(10-7-8-17-9-11(10)13)22-16-18-12-3-1-2-4-15(12)23-16/h1-9H. The molecule has 2 heterocycles. The first-order valence-corrected chi connectivity index (χ1v) is 8.40. The van der Waals surface area contributed by atoms with Crippen molar-refractivity contribution in [3.8, 4) is 0 Å². The minimum absolute atomic E-state index is 0.0711. The maximum absolute atomic E-state index is 11.2. The Hall–Kier alpha value is -2.51. The minimum atomic E-state index is -0.379. The molecule has 0 radical (unpaired) electrons. The Bertz CT molecular complexity index is 1010. The largest absolute Gasteiger partial charge is 0.278 e. The molecule has 0 N–H and O–H groups in total. The molecular weight excluding hydrogens is 330 g/mol. The number of pyridine rings is 1. The molecule has 0 bridgehead atoms. The van der Waals surface area contributed by atoms with Crippen LogP contribution in [0.4, 0.5) is 5.69 Å². The Morgan fingerprint density at radius 2 is 1.96 bits per heavy atom. The normalized spacial score (nSPS) is 11.1. The van der Waals surface area contributed by atoms with Gasteiger partial charge < -0.3 is 0 Å². The van der Waals surface area contributed by atoms with Gasteiger partial charge in [-0.3, -0.25) is 15.1 Å². The van der Waals surface area contributed by atoms with Crippen LogP contribution in [-0.4, -0.2) is 14.9 Å². The second-order valence-corrected chi connectivity index (χ2v) is 7.13.